The van der Waals surface area contributed by atoms with Crippen LogP contribution >= 0.6 is 11.6 Å². The number of ether oxygens (including phenoxy) is 2. The number of imidazole rings is 1. The summed E-state index contributed by atoms with van der Waals surface area (Å²) in [5, 5.41) is 3.31. The molecule has 146 valence electrons. The molecule has 6 nitrogen and oxygen atoms in total. The molecule has 0 aliphatic heterocycles. The van der Waals surface area contributed by atoms with Crippen LogP contribution in [0.3, 0.4) is 0 Å². The Morgan fingerprint density at radius 1 is 1.00 bits per heavy atom. The highest BCUT2D eigenvalue weighted by atomic mass is 35.5. The van der Waals surface area contributed by atoms with Gasteiger partial charge in [-0.25, -0.2) is 4.98 Å². The Morgan fingerprint density at radius 3 is 2.55 bits per heavy atom. The molecule has 3 aromatic carbocycles. The smallest absolute Gasteiger partial charge is 0.255 e. The number of hydrogen-bond donors (Lipinski definition) is 2. The number of nitrogens with one attached hydrogen (secondary N) is 2. The van der Waals surface area contributed by atoms with E-state index in [1.54, 1.807) is 44.6 Å². The molecule has 0 unspecified atom stereocenters. The van der Waals surface area contributed by atoms with E-state index in [0.29, 0.717) is 33.6 Å². The van der Waals surface area contributed by atoms with Gasteiger partial charge in [0, 0.05) is 11.1 Å². The first-order chi connectivity index (χ1) is 14.1. The number of fused-ring (bicyclic) bond motifs is 1. The molecular formula is C22H18ClN3O3. The normalized spacial score (nSPS) is 10.7. The average Bonchev–Trinajstić information content (AvgIpc) is 3.18. The first kappa shape index (κ1) is 18.8. The van der Waals surface area contributed by atoms with Crippen molar-refractivity contribution in [2.75, 3.05) is 19.5 Å². The van der Waals surface area contributed by atoms with E-state index in [4.69, 9.17) is 21.1 Å². The van der Waals surface area contributed by atoms with E-state index in [1.165, 1.54) is 0 Å². The van der Waals surface area contributed by atoms with Gasteiger partial charge in [-0.2, -0.15) is 0 Å². The minimum atomic E-state index is -0.248. The number of carbonyl (C=O) groups is 1. The summed E-state index contributed by atoms with van der Waals surface area (Å²) in [5.41, 5.74) is 3.42. The van der Waals surface area contributed by atoms with E-state index in [2.05, 4.69) is 15.3 Å². The molecule has 0 radical (unpaired) electrons. The van der Waals surface area contributed by atoms with E-state index in [0.717, 1.165) is 16.6 Å². The molecule has 0 aliphatic rings. The van der Waals surface area contributed by atoms with Gasteiger partial charge in [-0.15, -0.1) is 0 Å². The molecule has 4 rings (SSSR count). The molecule has 0 bridgehead atoms. The number of H-pyrrole nitrogens is 1. The Hall–Kier alpha value is -3.51. The number of hydrogen-bond acceptors (Lipinski definition) is 4. The topological polar surface area (TPSA) is 76.2 Å². The van der Waals surface area contributed by atoms with Gasteiger partial charge in [0.2, 0.25) is 0 Å². The van der Waals surface area contributed by atoms with E-state index in [-0.39, 0.29) is 5.91 Å². The molecule has 1 heterocycles. The Balaban J connectivity index is 1.64. The van der Waals surface area contributed by atoms with Gasteiger partial charge in [-0.3, -0.25) is 4.79 Å². The van der Waals surface area contributed by atoms with Gasteiger partial charge in [0.1, 0.15) is 5.82 Å². The van der Waals surface area contributed by atoms with Crippen LogP contribution in [-0.2, 0) is 0 Å². The number of para-hydroxylation sites is 1. The second-order valence-corrected chi connectivity index (χ2v) is 6.73. The summed E-state index contributed by atoms with van der Waals surface area (Å²) in [6, 6.07) is 18.0. The second-order valence-electron chi connectivity index (χ2n) is 6.32. The van der Waals surface area contributed by atoms with Crippen molar-refractivity contribution in [3.63, 3.8) is 0 Å². The largest absolute Gasteiger partial charge is 0.493 e. The maximum absolute atomic E-state index is 12.6. The van der Waals surface area contributed by atoms with Crippen LogP contribution in [-0.4, -0.2) is 30.1 Å². The Morgan fingerprint density at radius 2 is 1.79 bits per heavy atom. The lowest BCUT2D eigenvalue weighted by molar-refractivity contribution is 0.102. The fraction of sp³-hybridized carbons (Fsp3) is 0.0909. The number of rotatable bonds is 5. The van der Waals surface area contributed by atoms with E-state index < -0.39 is 0 Å². The first-order valence-corrected chi connectivity index (χ1v) is 9.25. The second kappa shape index (κ2) is 7.85. The van der Waals surface area contributed by atoms with Crippen molar-refractivity contribution in [2.45, 2.75) is 0 Å². The summed E-state index contributed by atoms with van der Waals surface area (Å²) in [7, 11) is 3.18. The molecule has 1 aromatic heterocycles. The lowest BCUT2D eigenvalue weighted by Crippen LogP contribution is -2.12. The molecule has 0 atom stereocenters. The van der Waals surface area contributed by atoms with Crippen molar-refractivity contribution in [2.24, 2.45) is 0 Å². The zero-order valence-corrected chi connectivity index (χ0v) is 16.6. The summed E-state index contributed by atoms with van der Waals surface area (Å²) < 4.78 is 10.6. The number of methoxy groups -OCH3 is 2. The van der Waals surface area contributed by atoms with Crippen LogP contribution in [0.2, 0.25) is 5.02 Å². The van der Waals surface area contributed by atoms with Crippen LogP contribution in [0, 0.1) is 0 Å². The lowest BCUT2D eigenvalue weighted by Gasteiger charge is -2.08. The number of aromatic nitrogens is 2. The number of halogens is 1. The van der Waals surface area contributed by atoms with E-state index >= 15 is 0 Å². The Bertz CT molecular complexity index is 1200. The highest BCUT2D eigenvalue weighted by molar-refractivity contribution is 6.33. The maximum atomic E-state index is 12.6. The lowest BCUT2D eigenvalue weighted by atomic mass is 10.2. The number of nitrogens with zero attached hydrogens (tertiary/aromatic N) is 1. The number of anilines is 1. The summed E-state index contributed by atoms with van der Waals surface area (Å²) in [6.07, 6.45) is 0. The van der Waals surface area contributed by atoms with Crippen molar-refractivity contribution in [1.82, 2.24) is 9.97 Å². The quantitative estimate of drug-likeness (QED) is 0.479. The molecule has 0 fully saturated rings. The van der Waals surface area contributed by atoms with Crippen molar-refractivity contribution >= 4 is 34.2 Å². The summed E-state index contributed by atoms with van der Waals surface area (Å²) in [4.78, 5) is 20.5. The minimum Gasteiger partial charge on any atom is -0.493 e. The number of benzene rings is 3. The predicted octanol–water partition coefficient (Wildman–Crippen LogP) is 5.15. The van der Waals surface area contributed by atoms with Crippen LogP contribution in [0.4, 0.5) is 5.69 Å². The fourth-order valence-corrected chi connectivity index (χ4v) is 3.21. The molecule has 0 aliphatic carbocycles. The predicted molar refractivity (Wildman–Crippen MR) is 114 cm³/mol. The molecule has 1 amide bonds. The van der Waals surface area contributed by atoms with Crippen LogP contribution in [0.1, 0.15) is 10.4 Å². The van der Waals surface area contributed by atoms with Gasteiger partial charge in [0.05, 0.1) is 36.0 Å². The highest BCUT2D eigenvalue weighted by Gasteiger charge is 2.13. The summed E-state index contributed by atoms with van der Waals surface area (Å²) >= 11 is 6.12. The van der Waals surface area contributed by atoms with Crippen LogP contribution < -0.4 is 14.8 Å². The van der Waals surface area contributed by atoms with Gasteiger partial charge in [0.15, 0.2) is 11.5 Å². The van der Waals surface area contributed by atoms with Gasteiger partial charge >= 0.3 is 0 Å². The molecule has 0 saturated heterocycles. The molecule has 4 aromatic rings. The van der Waals surface area contributed by atoms with Crippen molar-refractivity contribution < 1.29 is 14.3 Å². The number of carbonyl (C=O) groups excluding carboxylic acids is 1. The van der Waals surface area contributed by atoms with E-state index in [9.17, 15) is 4.79 Å². The monoisotopic (exact) mass is 407 g/mol. The molecule has 0 saturated carbocycles. The van der Waals surface area contributed by atoms with Crippen LogP contribution in [0.5, 0.6) is 11.5 Å². The average molecular weight is 408 g/mol. The molecular weight excluding hydrogens is 390 g/mol. The fourth-order valence-electron chi connectivity index (χ4n) is 3.03. The van der Waals surface area contributed by atoms with Gasteiger partial charge in [-0.05, 0) is 48.5 Å². The third-order valence-corrected chi connectivity index (χ3v) is 4.85. The summed E-state index contributed by atoms with van der Waals surface area (Å²) in [5.74, 6) is 1.68. The van der Waals surface area contributed by atoms with Gasteiger partial charge in [0.25, 0.3) is 5.91 Å². The Kier molecular flexibility index (Phi) is 5.10. The maximum Gasteiger partial charge on any atom is 0.255 e. The third-order valence-electron chi connectivity index (χ3n) is 4.52. The number of aromatic amines is 1. The van der Waals surface area contributed by atoms with Crippen LogP contribution in [0.15, 0.2) is 60.7 Å². The minimum absolute atomic E-state index is 0.248. The van der Waals surface area contributed by atoms with Crippen molar-refractivity contribution in [1.29, 1.82) is 0 Å². The third kappa shape index (κ3) is 3.75. The molecule has 2 N–H and O–H groups in total. The Labute approximate surface area is 172 Å². The van der Waals surface area contributed by atoms with Crippen molar-refractivity contribution in [3.05, 3.63) is 71.2 Å². The molecule has 29 heavy (non-hydrogen) atoms. The zero-order valence-electron chi connectivity index (χ0n) is 15.8. The molecule has 0 spiro atoms. The van der Waals surface area contributed by atoms with E-state index in [1.807, 2.05) is 30.3 Å². The first-order valence-electron chi connectivity index (χ1n) is 8.87. The molecule has 7 heteroatoms. The van der Waals surface area contributed by atoms with Crippen LogP contribution in [0.25, 0.3) is 22.4 Å². The van der Waals surface area contributed by atoms with Gasteiger partial charge in [-0.1, -0.05) is 23.7 Å². The van der Waals surface area contributed by atoms with Gasteiger partial charge < -0.3 is 19.8 Å². The standard InChI is InChI=1S/C22H18ClN3O3/c1-28-19-10-8-13(12-20(19)29-2)21-24-17-9-7-14(11-18(17)25-21)22(27)26-16-6-4-3-5-15(16)23/h3-12H,1-2H3,(H,24,25)(H,26,27). The zero-order chi connectivity index (χ0) is 20.4. The SMILES string of the molecule is COc1ccc(-c2nc3ccc(C(=O)Nc4ccccc4Cl)cc3[nH]2)cc1OC. The van der Waals surface area contributed by atoms with Crippen molar-refractivity contribution in [3.8, 4) is 22.9 Å². The number of amides is 1. The highest BCUT2D eigenvalue weighted by Crippen LogP contribution is 2.32. The summed E-state index contributed by atoms with van der Waals surface area (Å²) in [6.45, 7) is 0.